The predicted molar refractivity (Wildman–Crippen MR) is 87.1 cm³/mol. The fraction of sp³-hybridized carbons (Fsp3) is 0.500. The third-order valence-corrected chi connectivity index (χ3v) is 5.56. The van der Waals surface area contributed by atoms with Crippen LogP contribution in [0.1, 0.15) is 30.3 Å². The number of ether oxygens (including phenoxy) is 1. The van der Waals surface area contributed by atoms with Gasteiger partial charge in [-0.3, -0.25) is 19.5 Å². The normalized spacial score (nSPS) is 16.2. The van der Waals surface area contributed by atoms with Gasteiger partial charge in [0.05, 0.1) is 4.92 Å². The molecule has 134 valence electrons. The quantitative estimate of drug-likeness (QED) is 0.343. The van der Waals surface area contributed by atoms with E-state index in [4.69, 9.17) is 15.6 Å². The number of nitro groups is 1. The third-order valence-electron chi connectivity index (χ3n) is 3.48. The summed E-state index contributed by atoms with van der Waals surface area (Å²) in [6, 6.07) is 2.90. The van der Waals surface area contributed by atoms with Crippen molar-refractivity contribution in [2.45, 2.75) is 32.2 Å². The molecule has 4 N–H and O–H groups in total. The molecule has 1 aromatic carbocycles. The number of benzene rings is 1. The summed E-state index contributed by atoms with van der Waals surface area (Å²) in [5, 5.41) is 19.8. The van der Waals surface area contributed by atoms with Crippen LogP contribution in [-0.2, 0) is 14.1 Å². The van der Waals surface area contributed by atoms with Crippen molar-refractivity contribution in [2.24, 2.45) is 5.73 Å². The molecule has 0 spiro atoms. The molecule has 0 aliphatic heterocycles. The van der Waals surface area contributed by atoms with Crippen LogP contribution in [0.5, 0.6) is 0 Å². The van der Waals surface area contributed by atoms with Crippen LogP contribution >= 0.6 is 7.37 Å². The SMILES string of the molecule is CCOC(c1ccc(C)c([N+](=O)[O-])c1)P(=O)(O)CC[C@H](N)C(=O)O. The largest absolute Gasteiger partial charge is 0.480 e. The molecule has 0 amide bonds. The van der Waals surface area contributed by atoms with Crippen LogP contribution in [0.2, 0.25) is 0 Å². The summed E-state index contributed by atoms with van der Waals surface area (Å²) in [6.45, 7) is 3.29. The molecule has 9 nitrogen and oxygen atoms in total. The highest BCUT2D eigenvalue weighted by molar-refractivity contribution is 7.58. The van der Waals surface area contributed by atoms with Gasteiger partial charge in [-0.05, 0) is 25.8 Å². The van der Waals surface area contributed by atoms with Gasteiger partial charge >= 0.3 is 5.97 Å². The lowest BCUT2D eigenvalue weighted by Crippen LogP contribution is -2.31. The number of aryl methyl sites for hydroxylation is 1. The molecule has 0 saturated carbocycles. The molecule has 0 heterocycles. The molecule has 24 heavy (non-hydrogen) atoms. The minimum atomic E-state index is -3.99. The van der Waals surface area contributed by atoms with E-state index in [0.29, 0.717) is 5.56 Å². The van der Waals surface area contributed by atoms with Crippen molar-refractivity contribution in [3.05, 3.63) is 39.4 Å². The second-order valence-electron chi connectivity index (χ2n) is 5.32. The van der Waals surface area contributed by atoms with E-state index in [-0.39, 0.29) is 30.4 Å². The first-order valence-electron chi connectivity index (χ1n) is 7.26. The number of rotatable bonds is 9. The molecule has 1 rings (SSSR count). The Kier molecular flexibility index (Phi) is 7.04. The Morgan fingerprint density at radius 1 is 1.50 bits per heavy atom. The Labute approximate surface area is 139 Å². The molecule has 0 bridgehead atoms. The first kappa shape index (κ1) is 20.2. The van der Waals surface area contributed by atoms with E-state index in [1.165, 1.54) is 18.2 Å². The maximum Gasteiger partial charge on any atom is 0.320 e. The van der Waals surface area contributed by atoms with E-state index < -0.39 is 30.1 Å². The average Bonchev–Trinajstić information content (AvgIpc) is 2.50. The van der Waals surface area contributed by atoms with Crippen LogP contribution in [0, 0.1) is 17.0 Å². The lowest BCUT2D eigenvalue weighted by Gasteiger charge is -2.24. The lowest BCUT2D eigenvalue weighted by molar-refractivity contribution is -0.385. The number of carboxylic acids is 1. The van der Waals surface area contributed by atoms with E-state index in [9.17, 15) is 24.4 Å². The Morgan fingerprint density at radius 2 is 2.12 bits per heavy atom. The zero-order valence-electron chi connectivity index (χ0n) is 13.4. The highest BCUT2D eigenvalue weighted by Crippen LogP contribution is 2.57. The first-order valence-corrected chi connectivity index (χ1v) is 9.18. The summed E-state index contributed by atoms with van der Waals surface area (Å²) >= 11 is 0. The lowest BCUT2D eigenvalue weighted by atomic mass is 10.1. The monoisotopic (exact) mass is 360 g/mol. The second kappa shape index (κ2) is 8.34. The Morgan fingerprint density at radius 3 is 2.62 bits per heavy atom. The number of hydrogen-bond donors (Lipinski definition) is 3. The average molecular weight is 360 g/mol. The van der Waals surface area contributed by atoms with Gasteiger partial charge < -0.3 is 20.5 Å². The van der Waals surface area contributed by atoms with Gasteiger partial charge in [0.25, 0.3) is 5.69 Å². The molecule has 0 fully saturated rings. The summed E-state index contributed by atoms with van der Waals surface area (Å²) < 4.78 is 17.9. The second-order valence-corrected chi connectivity index (χ2v) is 7.75. The van der Waals surface area contributed by atoms with Crippen LogP contribution in [0.25, 0.3) is 0 Å². The maximum atomic E-state index is 12.6. The highest BCUT2D eigenvalue weighted by atomic mass is 31.2. The highest BCUT2D eigenvalue weighted by Gasteiger charge is 2.35. The zero-order chi connectivity index (χ0) is 18.5. The van der Waals surface area contributed by atoms with Gasteiger partial charge in [0.2, 0.25) is 7.37 Å². The zero-order valence-corrected chi connectivity index (χ0v) is 14.3. The van der Waals surface area contributed by atoms with Gasteiger partial charge in [0.15, 0.2) is 5.85 Å². The van der Waals surface area contributed by atoms with Gasteiger partial charge in [0.1, 0.15) is 6.04 Å². The molecular weight excluding hydrogens is 339 g/mol. The number of hydrogen-bond acceptors (Lipinski definition) is 6. The fourth-order valence-corrected chi connectivity index (χ4v) is 4.04. The van der Waals surface area contributed by atoms with Crippen LogP contribution in [0.15, 0.2) is 18.2 Å². The van der Waals surface area contributed by atoms with Crippen molar-refractivity contribution in [3.8, 4) is 0 Å². The van der Waals surface area contributed by atoms with Gasteiger partial charge in [-0.1, -0.05) is 12.1 Å². The van der Waals surface area contributed by atoms with Crippen molar-refractivity contribution < 1.29 is 29.0 Å². The number of carbonyl (C=O) groups is 1. The summed E-state index contributed by atoms with van der Waals surface area (Å²) in [5.41, 5.74) is 5.79. The Balaban J connectivity index is 3.13. The van der Waals surface area contributed by atoms with Crippen molar-refractivity contribution in [1.29, 1.82) is 0 Å². The number of nitrogens with zero attached hydrogens (tertiary/aromatic N) is 1. The number of nitro benzene ring substituents is 1. The maximum absolute atomic E-state index is 12.6. The standard InChI is InChI=1S/C14H21N2O7P/c1-3-23-14(24(21,22)7-6-11(15)13(17)18)10-5-4-9(2)12(8-10)16(19)20/h4-5,8,11,14H,3,6-7,15H2,1-2H3,(H,17,18)(H,21,22)/t11-,14?/m0/s1. The van der Waals surface area contributed by atoms with E-state index in [1.54, 1.807) is 13.8 Å². The van der Waals surface area contributed by atoms with Crippen LogP contribution < -0.4 is 5.73 Å². The number of nitrogens with two attached hydrogens (primary N) is 1. The topological polar surface area (TPSA) is 153 Å². The molecular formula is C14H21N2O7P. The summed E-state index contributed by atoms with van der Waals surface area (Å²) in [6.07, 6.45) is -0.576. The van der Waals surface area contributed by atoms with Crippen LogP contribution in [0.4, 0.5) is 5.69 Å². The molecule has 0 saturated heterocycles. The van der Waals surface area contributed by atoms with E-state index in [0.717, 1.165) is 0 Å². The number of carboxylic acid groups (broad SMARTS) is 1. The minimum Gasteiger partial charge on any atom is -0.480 e. The van der Waals surface area contributed by atoms with Crippen LogP contribution in [0.3, 0.4) is 0 Å². The summed E-state index contributed by atoms with van der Waals surface area (Å²) in [7, 11) is -3.99. The molecule has 10 heteroatoms. The molecule has 2 unspecified atom stereocenters. The number of aliphatic carboxylic acids is 1. The molecule has 0 aromatic heterocycles. The fourth-order valence-electron chi connectivity index (χ4n) is 2.15. The van der Waals surface area contributed by atoms with Crippen molar-refractivity contribution in [2.75, 3.05) is 12.8 Å². The molecule has 1 aromatic rings. The Hall–Kier alpha value is -1.80. The third kappa shape index (κ3) is 5.10. The van der Waals surface area contributed by atoms with Crippen LogP contribution in [-0.4, -0.2) is 39.7 Å². The van der Waals surface area contributed by atoms with Gasteiger partial charge in [0, 0.05) is 24.4 Å². The van der Waals surface area contributed by atoms with Gasteiger partial charge in [-0.25, -0.2) is 0 Å². The van der Waals surface area contributed by atoms with Crippen molar-refractivity contribution >= 4 is 19.0 Å². The van der Waals surface area contributed by atoms with Gasteiger partial charge in [-0.2, -0.15) is 0 Å². The molecule has 0 aliphatic rings. The molecule has 3 atom stereocenters. The predicted octanol–water partition coefficient (Wildman–Crippen LogP) is 2.01. The Bertz CT molecular complexity index is 665. The van der Waals surface area contributed by atoms with Crippen molar-refractivity contribution in [3.63, 3.8) is 0 Å². The van der Waals surface area contributed by atoms with Crippen molar-refractivity contribution in [1.82, 2.24) is 0 Å². The van der Waals surface area contributed by atoms with Gasteiger partial charge in [-0.15, -0.1) is 0 Å². The molecule has 0 aliphatic carbocycles. The summed E-state index contributed by atoms with van der Waals surface area (Å²) in [4.78, 5) is 31.5. The summed E-state index contributed by atoms with van der Waals surface area (Å²) in [5.74, 6) is -2.54. The first-order chi connectivity index (χ1) is 11.1. The molecule has 0 radical (unpaired) electrons. The smallest absolute Gasteiger partial charge is 0.320 e. The minimum absolute atomic E-state index is 0.113. The van der Waals surface area contributed by atoms with E-state index >= 15 is 0 Å². The van der Waals surface area contributed by atoms with E-state index in [1.807, 2.05) is 0 Å². The van der Waals surface area contributed by atoms with E-state index in [2.05, 4.69) is 0 Å².